The average molecular weight is 485 g/mol. The van der Waals surface area contributed by atoms with Crippen molar-refractivity contribution in [3.63, 3.8) is 0 Å². The van der Waals surface area contributed by atoms with Crippen LogP contribution in [0.2, 0.25) is 0 Å². The van der Waals surface area contributed by atoms with Crippen molar-refractivity contribution in [3.05, 3.63) is 90.5 Å². The Morgan fingerprint density at radius 3 is 2.44 bits per heavy atom. The molecule has 2 aromatic carbocycles. The quantitative estimate of drug-likeness (QED) is 0.227. The van der Waals surface area contributed by atoms with Gasteiger partial charge in [-0.15, -0.1) is 0 Å². The van der Waals surface area contributed by atoms with Crippen LogP contribution in [-0.2, 0) is 20.5 Å². The number of aryl methyl sites for hydroxylation is 1. The molecule has 190 valence electrons. The summed E-state index contributed by atoms with van der Waals surface area (Å²) in [4.78, 5) is 11.7. The number of carbonyl (C=O) groups is 1. The van der Waals surface area contributed by atoms with Crippen molar-refractivity contribution in [2.45, 2.75) is 70.5 Å². The van der Waals surface area contributed by atoms with Crippen molar-refractivity contribution in [2.75, 3.05) is 6.54 Å². The summed E-state index contributed by atoms with van der Waals surface area (Å²) in [5.74, 6) is 0.916. The van der Waals surface area contributed by atoms with Crippen LogP contribution in [0.4, 0.5) is 0 Å². The van der Waals surface area contributed by atoms with Crippen LogP contribution in [0.5, 0.6) is 0 Å². The number of nitrogens with one attached hydrogen (secondary N) is 1. The maximum absolute atomic E-state index is 11.7. The molecule has 0 radical (unpaired) electrons. The van der Waals surface area contributed by atoms with E-state index >= 15 is 0 Å². The van der Waals surface area contributed by atoms with Crippen LogP contribution in [0.25, 0.3) is 0 Å². The Hall–Kier alpha value is -2.63. The Bertz CT molecular complexity index is 978. The Balaban J connectivity index is 1.33. The minimum Gasteiger partial charge on any atom is -0.404 e. The lowest BCUT2D eigenvalue weighted by molar-refractivity contribution is -0.121. The van der Waals surface area contributed by atoms with E-state index < -0.39 is 0 Å². The molecule has 1 saturated carbocycles. The van der Waals surface area contributed by atoms with E-state index in [1.807, 2.05) is 25.1 Å². The van der Waals surface area contributed by atoms with Crippen LogP contribution in [0.1, 0.15) is 57.4 Å². The molecule has 1 amide bonds. The molecule has 2 fully saturated rings. The normalized spacial score (nSPS) is 23.5. The van der Waals surface area contributed by atoms with E-state index in [2.05, 4.69) is 72.1 Å². The molecule has 1 heterocycles. The Morgan fingerprint density at radius 1 is 0.944 bits per heavy atom. The van der Waals surface area contributed by atoms with Gasteiger partial charge in [-0.2, -0.15) is 0 Å². The van der Waals surface area contributed by atoms with Crippen LogP contribution in [0, 0.1) is 11.8 Å². The predicted octanol–water partition coefficient (Wildman–Crippen LogP) is 5.63. The molecule has 0 aromatic heterocycles. The van der Waals surface area contributed by atoms with Crippen LogP contribution < -0.4 is 10.8 Å². The van der Waals surface area contributed by atoms with Crippen molar-refractivity contribution in [1.82, 2.24) is 5.32 Å². The van der Waals surface area contributed by atoms with Gasteiger partial charge in [-0.3, -0.25) is 4.79 Å². The van der Waals surface area contributed by atoms with E-state index in [1.54, 1.807) is 0 Å². The van der Waals surface area contributed by atoms with Crippen LogP contribution in [-0.4, -0.2) is 31.8 Å². The summed E-state index contributed by atoms with van der Waals surface area (Å²) in [6, 6.07) is 21.0. The van der Waals surface area contributed by atoms with Gasteiger partial charge in [0.25, 0.3) is 0 Å². The molecule has 1 N–H and O–H groups in total. The lowest BCUT2D eigenvalue weighted by Crippen LogP contribution is -2.45. The molecule has 0 unspecified atom stereocenters. The largest absolute Gasteiger partial charge is 0.494 e. The highest BCUT2D eigenvalue weighted by Gasteiger charge is 2.49. The molecular weight excluding hydrogens is 445 g/mol. The summed E-state index contributed by atoms with van der Waals surface area (Å²) in [5, 5.41) is 2.87. The van der Waals surface area contributed by atoms with Crippen molar-refractivity contribution in [1.29, 1.82) is 0 Å². The van der Waals surface area contributed by atoms with Gasteiger partial charge in [-0.05, 0) is 68.8 Å². The number of amides is 1. The smallest absolute Gasteiger partial charge is 0.404 e. The lowest BCUT2D eigenvalue weighted by Gasteiger charge is -2.28. The molecule has 4 nitrogen and oxygen atoms in total. The molecule has 1 saturated heterocycles. The summed E-state index contributed by atoms with van der Waals surface area (Å²) < 4.78 is 13.0. The van der Waals surface area contributed by atoms with Crippen LogP contribution in [0.3, 0.4) is 0 Å². The number of allylic oxidation sites excluding steroid dienone is 3. The molecule has 2 aromatic rings. The molecule has 36 heavy (non-hydrogen) atoms. The third-order valence-corrected chi connectivity index (χ3v) is 7.30. The van der Waals surface area contributed by atoms with Crippen molar-refractivity contribution in [3.8, 4) is 0 Å². The number of benzene rings is 2. The lowest BCUT2D eigenvalue weighted by atomic mass is 9.77. The fraction of sp³-hybridized carbons (Fsp3) is 0.452. The van der Waals surface area contributed by atoms with Crippen LogP contribution in [0.15, 0.2) is 85.0 Å². The SMILES string of the molecule is CCNC(=O)CCC/C=C\C[C@@H]1[C@@H](/C=C/CCCc2ccccc2)[C@H]2C[C@@H]1OB(c1ccccc1)O2. The second kappa shape index (κ2) is 14.2. The van der Waals surface area contributed by atoms with Crippen molar-refractivity contribution >= 4 is 18.5 Å². The van der Waals surface area contributed by atoms with Gasteiger partial charge >= 0.3 is 7.12 Å². The Labute approximate surface area is 217 Å². The van der Waals surface area contributed by atoms with E-state index in [0.717, 1.165) is 50.4 Å². The summed E-state index contributed by atoms with van der Waals surface area (Å²) in [5.41, 5.74) is 2.50. The molecule has 0 spiro atoms. The molecule has 5 heteroatoms. The van der Waals surface area contributed by atoms with E-state index in [-0.39, 0.29) is 25.2 Å². The summed E-state index contributed by atoms with van der Waals surface area (Å²) in [7, 11) is -0.282. The van der Waals surface area contributed by atoms with Crippen molar-refractivity contribution < 1.29 is 14.1 Å². The van der Waals surface area contributed by atoms with Gasteiger partial charge in [-0.25, -0.2) is 0 Å². The fourth-order valence-electron chi connectivity index (χ4n) is 5.44. The van der Waals surface area contributed by atoms with Gasteiger partial charge in [0.1, 0.15) is 0 Å². The van der Waals surface area contributed by atoms with Gasteiger partial charge in [0.15, 0.2) is 0 Å². The van der Waals surface area contributed by atoms with Gasteiger partial charge in [-0.1, -0.05) is 85.0 Å². The average Bonchev–Trinajstić information content (AvgIpc) is 3.15. The van der Waals surface area contributed by atoms with Gasteiger partial charge in [0, 0.05) is 25.0 Å². The van der Waals surface area contributed by atoms with Crippen LogP contribution >= 0.6 is 0 Å². The second-order valence-electron chi connectivity index (χ2n) is 9.93. The van der Waals surface area contributed by atoms with E-state index in [0.29, 0.717) is 24.8 Å². The van der Waals surface area contributed by atoms with Gasteiger partial charge in [0.2, 0.25) is 5.91 Å². The van der Waals surface area contributed by atoms with Gasteiger partial charge < -0.3 is 14.6 Å². The zero-order chi connectivity index (χ0) is 25.0. The maximum atomic E-state index is 11.7. The monoisotopic (exact) mass is 485 g/mol. The molecular formula is C31H40BNO3. The Morgan fingerprint density at radius 2 is 1.67 bits per heavy atom. The van der Waals surface area contributed by atoms with Gasteiger partial charge in [0.05, 0.1) is 6.10 Å². The number of unbranched alkanes of at least 4 members (excludes halogenated alkanes) is 2. The summed E-state index contributed by atoms with van der Waals surface area (Å²) >= 11 is 0. The minimum absolute atomic E-state index is 0.144. The highest BCUT2D eigenvalue weighted by Crippen LogP contribution is 2.43. The number of rotatable bonds is 13. The van der Waals surface area contributed by atoms with Crippen molar-refractivity contribution in [2.24, 2.45) is 11.8 Å². The molecule has 4 atom stereocenters. The first-order valence-electron chi connectivity index (χ1n) is 13.7. The maximum Gasteiger partial charge on any atom is 0.494 e. The van der Waals surface area contributed by atoms with E-state index in [1.165, 1.54) is 5.56 Å². The standard InChI is InChI=1S/C31H40BNO3/c1-2-33-31(34)23-15-4-3-13-21-27-28(22-14-6-10-18-25-16-8-5-9-17-25)30-24-29(27)35-32(36-30)26-19-11-7-12-20-26/h3,5,7-9,11-14,16-17,19-20,22,27-30H,2,4,6,10,15,18,21,23-24H2,1H3,(H,33,34)/b13-3-,22-14+/t27-,28-,29+,30-/m1/s1. The molecule has 4 rings (SSSR count). The highest BCUT2D eigenvalue weighted by molar-refractivity contribution is 6.61. The highest BCUT2D eigenvalue weighted by atomic mass is 16.6. The zero-order valence-electron chi connectivity index (χ0n) is 21.6. The third kappa shape index (κ3) is 7.68. The van der Waals surface area contributed by atoms with E-state index in [4.69, 9.17) is 9.31 Å². The molecule has 2 bridgehead atoms. The minimum atomic E-state index is -0.282. The Kier molecular flexibility index (Phi) is 10.4. The summed E-state index contributed by atoms with van der Waals surface area (Å²) in [6.45, 7) is 2.66. The predicted molar refractivity (Wildman–Crippen MR) is 148 cm³/mol. The number of hydrogen-bond acceptors (Lipinski definition) is 3. The molecule has 2 aliphatic rings. The summed E-state index contributed by atoms with van der Waals surface area (Å²) in [6.07, 6.45) is 17.4. The number of hydrogen-bond donors (Lipinski definition) is 1. The first-order chi connectivity index (χ1) is 17.7. The first kappa shape index (κ1) is 26.4. The zero-order valence-corrected chi connectivity index (χ0v) is 21.6. The second-order valence-corrected chi connectivity index (χ2v) is 9.93. The topological polar surface area (TPSA) is 47.6 Å². The first-order valence-corrected chi connectivity index (χ1v) is 13.7. The third-order valence-electron chi connectivity index (χ3n) is 7.30. The van der Waals surface area contributed by atoms with E-state index in [9.17, 15) is 4.79 Å². The fourth-order valence-corrected chi connectivity index (χ4v) is 5.44. The number of carbonyl (C=O) groups excluding carboxylic acids is 1. The number of fused-ring (bicyclic) bond motifs is 2. The molecule has 1 aliphatic heterocycles. The molecule has 1 aliphatic carbocycles.